The van der Waals surface area contributed by atoms with Gasteiger partial charge in [0.2, 0.25) is 5.91 Å². The summed E-state index contributed by atoms with van der Waals surface area (Å²) in [7, 11) is 0. The molecule has 1 atom stereocenters. The van der Waals surface area contributed by atoms with Crippen LogP contribution in [0.4, 0.5) is 5.69 Å². The van der Waals surface area contributed by atoms with Crippen LogP contribution in [0.5, 0.6) is 0 Å². The van der Waals surface area contributed by atoms with Gasteiger partial charge >= 0.3 is 0 Å². The fraction of sp³-hybridized carbons (Fsp3) is 0.200. The van der Waals surface area contributed by atoms with Crippen LogP contribution in [0.1, 0.15) is 23.2 Å². The molecule has 1 fully saturated rings. The third-order valence-corrected chi connectivity index (χ3v) is 5.88. The highest BCUT2D eigenvalue weighted by atomic mass is 16.2. The lowest BCUT2D eigenvalue weighted by Crippen LogP contribution is -2.43. The summed E-state index contributed by atoms with van der Waals surface area (Å²) in [6.07, 6.45) is 8.35. The van der Waals surface area contributed by atoms with E-state index in [4.69, 9.17) is 0 Å². The molecule has 4 aromatic rings. The largest absolute Gasteiger partial charge is 0.338 e. The first-order chi connectivity index (χ1) is 15.7. The maximum absolute atomic E-state index is 13.3. The summed E-state index contributed by atoms with van der Waals surface area (Å²) >= 11 is 0. The molecule has 7 heteroatoms. The molecule has 7 nitrogen and oxygen atoms in total. The lowest BCUT2D eigenvalue weighted by atomic mass is 9.95. The number of hydrogen-bond donors (Lipinski definition) is 1. The molecule has 5 rings (SSSR count). The number of amides is 2. The van der Waals surface area contributed by atoms with Crippen LogP contribution < -0.4 is 5.32 Å². The summed E-state index contributed by atoms with van der Waals surface area (Å²) in [4.78, 5) is 36.4. The van der Waals surface area contributed by atoms with E-state index in [9.17, 15) is 9.59 Å². The van der Waals surface area contributed by atoms with Crippen molar-refractivity contribution < 1.29 is 9.59 Å². The second kappa shape index (κ2) is 8.63. The highest BCUT2D eigenvalue weighted by molar-refractivity contribution is 6.07. The number of nitrogens with zero attached hydrogens (tertiary/aromatic N) is 4. The Balaban J connectivity index is 1.27. The SMILES string of the molecule is O=C(Nc1ccc(-n2ccnc2)nc1)C1CCCN(C(=O)c2cccc3ccccc23)C1. The molecule has 1 aliphatic heterocycles. The third kappa shape index (κ3) is 3.97. The third-order valence-electron chi connectivity index (χ3n) is 5.88. The maximum Gasteiger partial charge on any atom is 0.254 e. The topological polar surface area (TPSA) is 80.1 Å². The van der Waals surface area contributed by atoms with Crippen molar-refractivity contribution in [3.8, 4) is 5.82 Å². The van der Waals surface area contributed by atoms with E-state index in [-0.39, 0.29) is 17.7 Å². The number of likely N-dealkylation sites (tertiary alicyclic amines) is 1. The van der Waals surface area contributed by atoms with E-state index in [1.165, 1.54) is 0 Å². The highest BCUT2D eigenvalue weighted by Crippen LogP contribution is 2.24. The van der Waals surface area contributed by atoms with E-state index in [1.807, 2.05) is 60.8 Å². The van der Waals surface area contributed by atoms with Crippen LogP contribution >= 0.6 is 0 Å². The molecule has 0 saturated carbocycles. The summed E-state index contributed by atoms with van der Waals surface area (Å²) in [5.74, 6) is 0.365. The average Bonchev–Trinajstić information content (AvgIpc) is 3.39. The number of benzene rings is 2. The first-order valence-electron chi connectivity index (χ1n) is 10.7. The minimum Gasteiger partial charge on any atom is -0.338 e. The van der Waals surface area contributed by atoms with Crippen LogP contribution in [0.3, 0.4) is 0 Å². The summed E-state index contributed by atoms with van der Waals surface area (Å²) in [5, 5.41) is 4.93. The monoisotopic (exact) mass is 425 g/mol. The molecule has 2 aromatic heterocycles. The van der Waals surface area contributed by atoms with Gasteiger partial charge in [-0.1, -0.05) is 36.4 Å². The van der Waals surface area contributed by atoms with E-state index in [2.05, 4.69) is 15.3 Å². The van der Waals surface area contributed by atoms with Gasteiger partial charge in [-0.3, -0.25) is 14.2 Å². The van der Waals surface area contributed by atoms with Gasteiger partial charge in [0.15, 0.2) is 0 Å². The van der Waals surface area contributed by atoms with Crippen LogP contribution in [0, 0.1) is 5.92 Å². The molecular formula is C25H23N5O2. The smallest absolute Gasteiger partial charge is 0.254 e. The highest BCUT2D eigenvalue weighted by Gasteiger charge is 2.29. The van der Waals surface area contributed by atoms with Crippen LogP contribution in [0.2, 0.25) is 0 Å². The molecule has 0 radical (unpaired) electrons. The molecule has 1 unspecified atom stereocenters. The summed E-state index contributed by atoms with van der Waals surface area (Å²) in [5.41, 5.74) is 1.32. The van der Waals surface area contributed by atoms with Crippen molar-refractivity contribution >= 4 is 28.3 Å². The Bertz CT molecular complexity index is 1250. The zero-order valence-corrected chi connectivity index (χ0v) is 17.5. The fourth-order valence-corrected chi connectivity index (χ4v) is 4.21. The normalized spacial score (nSPS) is 16.1. The lowest BCUT2D eigenvalue weighted by molar-refractivity contribution is -0.121. The molecule has 3 heterocycles. The summed E-state index contributed by atoms with van der Waals surface area (Å²) in [6, 6.07) is 17.3. The van der Waals surface area contributed by atoms with E-state index in [1.54, 1.807) is 28.2 Å². The molecule has 1 aliphatic rings. The van der Waals surface area contributed by atoms with Crippen LogP contribution in [0.15, 0.2) is 79.5 Å². The first kappa shape index (κ1) is 19.9. The molecule has 0 bridgehead atoms. The molecule has 32 heavy (non-hydrogen) atoms. The molecule has 2 aromatic carbocycles. The van der Waals surface area contributed by atoms with Gasteiger partial charge in [0.1, 0.15) is 12.1 Å². The second-order valence-corrected chi connectivity index (χ2v) is 7.98. The Morgan fingerprint density at radius 1 is 1.03 bits per heavy atom. The molecule has 1 saturated heterocycles. The predicted octanol–water partition coefficient (Wildman–Crippen LogP) is 3.91. The number of imidazole rings is 1. The van der Waals surface area contributed by atoms with E-state index < -0.39 is 0 Å². The Hall–Kier alpha value is -4.00. The molecule has 0 spiro atoms. The van der Waals surface area contributed by atoms with Crippen molar-refractivity contribution in [3.63, 3.8) is 0 Å². The maximum atomic E-state index is 13.3. The standard InChI is InChI=1S/C25H23N5O2/c31-24(28-20-10-11-23(27-15-20)30-14-12-26-17-30)19-7-4-13-29(16-19)25(32)22-9-3-6-18-5-1-2-8-21(18)22/h1-3,5-6,8-12,14-15,17,19H,4,7,13,16H2,(H,28,31). The van der Waals surface area contributed by atoms with Crippen molar-refractivity contribution in [1.29, 1.82) is 0 Å². The van der Waals surface area contributed by atoms with Crippen molar-refractivity contribution in [3.05, 3.63) is 85.1 Å². The summed E-state index contributed by atoms with van der Waals surface area (Å²) in [6.45, 7) is 1.07. The van der Waals surface area contributed by atoms with Crippen molar-refractivity contribution in [1.82, 2.24) is 19.4 Å². The van der Waals surface area contributed by atoms with Gasteiger partial charge in [-0.15, -0.1) is 0 Å². The molecule has 0 aliphatic carbocycles. The number of carbonyl (C=O) groups is 2. The Morgan fingerprint density at radius 2 is 1.91 bits per heavy atom. The van der Waals surface area contributed by atoms with E-state index >= 15 is 0 Å². The van der Waals surface area contributed by atoms with Crippen molar-refractivity contribution in [2.45, 2.75) is 12.8 Å². The number of carbonyl (C=O) groups excluding carboxylic acids is 2. The van der Waals surface area contributed by atoms with Crippen molar-refractivity contribution in [2.24, 2.45) is 5.92 Å². The number of anilines is 1. The van der Waals surface area contributed by atoms with Crippen LogP contribution in [0.25, 0.3) is 16.6 Å². The number of fused-ring (bicyclic) bond motifs is 1. The molecule has 1 N–H and O–H groups in total. The van der Waals surface area contributed by atoms with Crippen molar-refractivity contribution in [2.75, 3.05) is 18.4 Å². The minimum atomic E-state index is -0.254. The molecular weight excluding hydrogens is 402 g/mol. The van der Waals surface area contributed by atoms with Gasteiger partial charge in [0.25, 0.3) is 5.91 Å². The van der Waals surface area contributed by atoms with Gasteiger partial charge in [0.05, 0.1) is 17.8 Å². The average molecular weight is 425 g/mol. The first-order valence-corrected chi connectivity index (χ1v) is 10.7. The molecule has 2 amide bonds. The Morgan fingerprint density at radius 3 is 2.72 bits per heavy atom. The number of nitrogens with one attached hydrogen (secondary N) is 1. The van der Waals surface area contributed by atoms with Gasteiger partial charge in [0, 0.05) is 31.0 Å². The van der Waals surface area contributed by atoms with Gasteiger partial charge in [-0.05, 0) is 41.8 Å². The van der Waals surface area contributed by atoms with Gasteiger partial charge < -0.3 is 10.2 Å². The predicted molar refractivity (Wildman–Crippen MR) is 123 cm³/mol. The number of pyridine rings is 1. The zero-order chi connectivity index (χ0) is 21.9. The van der Waals surface area contributed by atoms with Gasteiger partial charge in [-0.25, -0.2) is 9.97 Å². The Kier molecular flexibility index (Phi) is 5.37. The number of rotatable bonds is 4. The lowest BCUT2D eigenvalue weighted by Gasteiger charge is -2.32. The number of aromatic nitrogens is 3. The van der Waals surface area contributed by atoms with Crippen LogP contribution in [-0.2, 0) is 4.79 Å². The van der Waals surface area contributed by atoms with E-state index in [0.29, 0.717) is 24.3 Å². The van der Waals surface area contributed by atoms with E-state index in [0.717, 1.165) is 29.4 Å². The molecule has 160 valence electrons. The fourth-order valence-electron chi connectivity index (χ4n) is 4.21. The number of hydrogen-bond acceptors (Lipinski definition) is 4. The minimum absolute atomic E-state index is 0.0225. The zero-order valence-electron chi connectivity index (χ0n) is 17.5. The van der Waals surface area contributed by atoms with Gasteiger partial charge in [-0.2, -0.15) is 0 Å². The second-order valence-electron chi connectivity index (χ2n) is 7.98. The Labute approximate surface area is 185 Å². The summed E-state index contributed by atoms with van der Waals surface area (Å²) < 4.78 is 1.80. The number of piperidine rings is 1. The quantitative estimate of drug-likeness (QED) is 0.538. The van der Waals surface area contributed by atoms with Crippen LogP contribution in [-0.4, -0.2) is 44.3 Å².